The van der Waals surface area contributed by atoms with Crippen molar-refractivity contribution in [3.05, 3.63) is 47.7 Å². The lowest BCUT2D eigenvalue weighted by Crippen LogP contribution is -2.44. The number of piperidine rings is 1. The monoisotopic (exact) mass is 489 g/mol. The van der Waals surface area contributed by atoms with Crippen LogP contribution in [0.4, 0.5) is 5.69 Å². The Morgan fingerprint density at radius 3 is 3.03 bits per heavy atom. The second-order valence-corrected chi connectivity index (χ2v) is 9.76. The molecule has 9 heteroatoms. The molecule has 9 nitrogen and oxygen atoms in total. The molecule has 1 aromatic carbocycles. The standard InChI is InChI=1S/C27H31N5O4/c1-34-25-7-5-19-27(32-25)26-18(14-35-23(26)13-30-19)10-20(17-3-2-8-28-12-17)29-11-16-4-6-22-21(9-16)31-24(33)15-36-22/h4-7,9,13,17-18,20,28-29H,2-3,8,10-12,14-15H2,1H3,(H,31,33)/t17-,18?,20?/m0/s1. The molecule has 3 aliphatic heterocycles. The highest BCUT2D eigenvalue weighted by Gasteiger charge is 2.33. The molecule has 0 aliphatic carbocycles. The van der Waals surface area contributed by atoms with Gasteiger partial charge in [-0.1, -0.05) is 6.07 Å². The number of nitrogens with one attached hydrogen (secondary N) is 3. The van der Waals surface area contributed by atoms with Crippen LogP contribution in [0, 0.1) is 5.92 Å². The molecule has 0 bridgehead atoms. The number of aromatic nitrogens is 2. The van der Waals surface area contributed by atoms with Gasteiger partial charge < -0.3 is 30.2 Å². The van der Waals surface area contributed by atoms with Gasteiger partial charge in [-0.3, -0.25) is 9.78 Å². The molecule has 2 aromatic heterocycles. The third kappa shape index (κ3) is 4.56. The van der Waals surface area contributed by atoms with Gasteiger partial charge in [0.1, 0.15) is 17.0 Å². The Bertz CT molecular complexity index is 1280. The van der Waals surface area contributed by atoms with E-state index < -0.39 is 0 Å². The topological polar surface area (TPSA) is 107 Å². The van der Waals surface area contributed by atoms with Crippen molar-refractivity contribution in [3.63, 3.8) is 0 Å². The molecule has 3 aliphatic rings. The van der Waals surface area contributed by atoms with E-state index in [9.17, 15) is 4.79 Å². The Balaban J connectivity index is 1.24. The highest BCUT2D eigenvalue weighted by Crippen LogP contribution is 2.41. The van der Waals surface area contributed by atoms with Gasteiger partial charge in [0, 0.05) is 30.1 Å². The van der Waals surface area contributed by atoms with Crippen LogP contribution in [0.1, 0.15) is 36.3 Å². The third-order valence-electron chi connectivity index (χ3n) is 7.43. The first-order chi connectivity index (χ1) is 17.7. The van der Waals surface area contributed by atoms with Crippen molar-refractivity contribution in [3.8, 4) is 17.4 Å². The number of pyridine rings is 2. The van der Waals surface area contributed by atoms with Crippen LogP contribution in [0.5, 0.6) is 17.4 Å². The Kier molecular flexibility index (Phi) is 6.33. The molecule has 1 saturated heterocycles. The van der Waals surface area contributed by atoms with Crippen LogP contribution in [0.3, 0.4) is 0 Å². The Morgan fingerprint density at radius 2 is 2.17 bits per heavy atom. The Labute approximate surface area is 209 Å². The summed E-state index contributed by atoms with van der Waals surface area (Å²) in [6.45, 7) is 3.46. The fourth-order valence-electron chi connectivity index (χ4n) is 5.59. The van der Waals surface area contributed by atoms with Gasteiger partial charge in [-0.2, -0.15) is 0 Å². The number of anilines is 1. The molecule has 0 radical (unpaired) electrons. The van der Waals surface area contributed by atoms with E-state index in [-0.39, 0.29) is 24.5 Å². The van der Waals surface area contributed by atoms with Gasteiger partial charge in [0.2, 0.25) is 5.88 Å². The number of benzene rings is 1. The Morgan fingerprint density at radius 1 is 1.22 bits per heavy atom. The number of nitrogens with zero attached hydrogens (tertiary/aromatic N) is 2. The largest absolute Gasteiger partial charge is 0.491 e. The number of methoxy groups -OCH3 is 1. The number of amides is 1. The van der Waals surface area contributed by atoms with Gasteiger partial charge in [0.25, 0.3) is 5.91 Å². The smallest absolute Gasteiger partial charge is 0.262 e. The van der Waals surface area contributed by atoms with Gasteiger partial charge >= 0.3 is 0 Å². The molecule has 1 amide bonds. The number of ether oxygens (including phenoxy) is 3. The number of rotatable bonds is 7. The second-order valence-electron chi connectivity index (χ2n) is 9.76. The molecule has 36 heavy (non-hydrogen) atoms. The molecular weight excluding hydrogens is 458 g/mol. The van der Waals surface area contributed by atoms with Gasteiger partial charge in [-0.05, 0) is 62.0 Å². The van der Waals surface area contributed by atoms with Crippen molar-refractivity contribution >= 4 is 22.6 Å². The molecule has 188 valence electrons. The van der Waals surface area contributed by atoms with Crippen molar-refractivity contribution in [2.45, 2.75) is 37.8 Å². The number of fused-ring (bicyclic) bond motifs is 4. The van der Waals surface area contributed by atoms with Crippen LogP contribution in [0.15, 0.2) is 36.5 Å². The molecule has 1 fully saturated rings. The summed E-state index contributed by atoms with van der Waals surface area (Å²) in [5, 5.41) is 10.3. The first-order valence-corrected chi connectivity index (χ1v) is 12.6. The fraction of sp³-hybridized carbons (Fsp3) is 0.444. The molecule has 0 saturated carbocycles. The summed E-state index contributed by atoms with van der Waals surface area (Å²) < 4.78 is 17.0. The van der Waals surface area contributed by atoms with E-state index in [2.05, 4.69) is 27.0 Å². The number of carbonyl (C=O) groups is 1. The van der Waals surface area contributed by atoms with E-state index in [1.54, 1.807) is 7.11 Å². The van der Waals surface area contributed by atoms with E-state index in [0.29, 0.717) is 24.9 Å². The predicted octanol–water partition coefficient (Wildman–Crippen LogP) is 2.99. The average molecular weight is 490 g/mol. The predicted molar refractivity (Wildman–Crippen MR) is 136 cm³/mol. The average Bonchev–Trinajstić information content (AvgIpc) is 3.34. The summed E-state index contributed by atoms with van der Waals surface area (Å²) in [4.78, 5) is 21.0. The zero-order valence-corrected chi connectivity index (χ0v) is 20.4. The first kappa shape index (κ1) is 23.0. The second kappa shape index (κ2) is 9.91. The van der Waals surface area contributed by atoms with Gasteiger partial charge in [0.15, 0.2) is 6.61 Å². The lowest BCUT2D eigenvalue weighted by molar-refractivity contribution is -0.118. The molecule has 5 heterocycles. The minimum atomic E-state index is -0.120. The lowest BCUT2D eigenvalue weighted by atomic mass is 9.83. The van der Waals surface area contributed by atoms with E-state index in [1.807, 2.05) is 30.5 Å². The molecule has 2 unspecified atom stereocenters. The van der Waals surface area contributed by atoms with Gasteiger partial charge in [0.05, 0.1) is 31.1 Å². The molecule has 6 rings (SSSR count). The summed E-state index contributed by atoms with van der Waals surface area (Å²) in [6.07, 6.45) is 5.11. The Hall–Kier alpha value is -3.43. The van der Waals surface area contributed by atoms with Crippen molar-refractivity contribution < 1.29 is 19.0 Å². The minimum absolute atomic E-state index is 0.0667. The minimum Gasteiger partial charge on any atom is -0.491 e. The maximum atomic E-state index is 11.7. The molecule has 3 aromatic rings. The maximum absolute atomic E-state index is 11.7. The normalized spacial score (nSPS) is 21.6. The van der Waals surface area contributed by atoms with Crippen LogP contribution in [0.25, 0.3) is 11.0 Å². The summed E-state index contributed by atoms with van der Waals surface area (Å²) in [6, 6.07) is 10.1. The number of hydrogen-bond acceptors (Lipinski definition) is 8. The molecule has 0 spiro atoms. The zero-order chi connectivity index (χ0) is 24.5. The highest BCUT2D eigenvalue weighted by atomic mass is 16.5. The van der Waals surface area contributed by atoms with E-state index in [1.165, 1.54) is 12.8 Å². The summed E-state index contributed by atoms with van der Waals surface area (Å²) in [5.74, 6) is 2.72. The van der Waals surface area contributed by atoms with Gasteiger partial charge in [-0.25, -0.2) is 4.98 Å². The van der Waals surface area contributed by atoms with Crippen molar-refractivity contribution in [2.24, 2.45) is 5.92 Å². The zero-order valence-electron chi connectivity index (χ0n) is 20.4. The quantitative estimate of drug-likeness (QED) is 0.465. The van der Waals surface area contributed by atoms with E-state index >= 15 is 0 Å². The van der Waals surface area contributed by atoms with Crippen molar-refractivity contribution in [2.75, 3.05) is 38.7 Å². The van der Waals surface area contributed by atoms with E-state index in [0.717, 1.165) is 58.9 Å². The number of carbonyl (C=O) groups excluding carboxylic acids is 1. The highest BCUT2D eigenvalue weighted by molar-refractivity contribution is 5.95. The summed E-state index contributed by atoms with van der Waals surface area (Å²) >= 11 is 0. The molecule has 3 atom stereocenters. The van der Waals surface area contributed by atoms with Crippen LogP contribution in [0.2, 0.25) is 0 Å². The van der Waals surface area contributed by atoms with Crippen molar-refractivity contribution in [1.29, 1.82) is 0 Å². The van der Waals surface area contributed by atoms with Crippen LogP contribution in [-0.4, -0.2) is 55.3 Å². The maximum Gasteiger partial charge on any atom is 0.262 e. The van der Waals surface area contributed by atoms with Gasteiger partial charge in [-0.15, -0.1) is 0 Å². The third-order valence-corrected chi connectivity index (χ3v) is 7.43. The number of hydrogen-bond donors (Lipinski definition) is 3. The van der Waals surface area contributed by atoms with E-state index in [4.69, 9.17) is 19.2 Å². The SMILES string of the molecule is COc1ccc2ncc3c(c2n1)C(CC(NCc1ccc2c(c1)NC(=O)CO2)[C@H]1CCCNC1)CO3. The first-order valence-electron chi connectivity index (χ1n) is 12.6. The lowest BCUT2D eigenvalue weighted by Gasteiger charge is -2.33. The molecule has 3 N–H and O–H groups in total. The van der Waals surface area contributed by atoms with Crippen LogP contribution >= 0.6 is 0 Å². The fourth-order valence-corrected chi connectivity index (χ4v) is 5.59. The van der Waals surface area contributed by atoms with Crippen LogP contribution < -0.4 is 30.2 Å². The van der Waals surface area contributed by atoms with Crippen LogP contribution in [-0.2, 0) is 11.3 Å². The summed E-state index contributed by atoms with van der Waals surface area (Å²) in [5.41, 5.74) is 4.69. The van der Waals surface area contributed by atoms with Crippen molar-refractivity contribution in [1.82, 2.24) is 20.6 Å². The molecular formula is C27H31N5O4. The summed E-state index contributed by atoms with van der Waals surface area (Å²) in [7, 11) is 1.63.